The number of carbonyl (C=O) groups is 1. The Labute approximate surface area is 189 Å². The topological polar surface area (TPSA) is 111 Å². The Bertz CT molecular complexity index is 1410. The summed E-state index contributed by atoms with van der Waals surface area (Å²) in [6, 6.07) is 8.80. The number of ether oxygens (including phenoxy) is 3. The lowest BCUT2D eigenvalue weighted by atomic mass is 10.1. The molecule has 0 bridgehead atoms. The number of carbonyl (C=O) groups excluding carboxylic acids is 1. The van der Waals surface area contributed by atoms with Gasteiger partial charge in [0, 0.05) is 19.3 Å². The van der Waals surface area contributed by atoms with Gasteiger partial charge in [-0.1, -0.05) is 6.07 Å². The number of H-pyrrole nitrogens is 1. The van der Waals surface area contributed by atoms with Gasteiger partial charge in [-0.05, 0) is 47.8 Å². The van der Waals surface area contributed by atoms with Gasteiger partial charge < -0.3 is 14.2 Å². The SMILES string of the molecule is CCOC(=O)[N+]1=C(C)N=c2[nH]c(=Cc3cccnc3)c(=O)n2C1c1cc(OC)ccc1OC. The minimum Gasteiger partial charge on any atom is -0.497 e. The average molecular weight is 450 g/mol. The van der Waals surface area contributed by atoms with E-state index < -0.39 is 12.3 Å². The monoisotopic (exact) mass is 450 g/mol. The van der Waals surface area contributed by atoms with E-state index in [4.69, 9.17) is 14.2 Å². The third-order valence-electron chi connectivity index (χ3n) is 5.20. The number of benzene rings is 1. The van der Waals surface area contributed by atoms with Crippen LogP contribution in [0.3, 0.4) is 0 Å². The Kier molecular flexibility index (Phi) is 6.07. The van der Waals surface area contributed by atoms with Gasteiger partial charge in [0.2, 0.25) is 6.17 Å². The Balaban J connectivity index is 2.02. The van der Waals surface area contributed by atoms with E-state index in [9.17, 15) is 9.59 Å². The van der Waals surface area contributed by atoms with E-state index in [-0.39, 0.29) is 12.2 Å². The molecule has 1 atom stereocenters. The molecule has 3 heterocycles. The number of hydrogen-bond acceptors (Lipinski definition) is 7. The van der Waals surface area contributed by atoms with Crippen molar-refractivity contribution < 1.29 is 23.6 Å². The van der Waals surface area contributed by atoms with Crippen molar-refractivity contribution in [2.75, 3.05) is 20.8 Å². The van der Waals surface area contributed by atoms with Crippen LogP contribution in [0.4, 0.5) is 4.79 Å². The lowest BCUT2D eigenvalue weighted by molar-refractivity contribution is -0.506. The Morgan fingerprint density at radius 1 is 1.27 bits per heavy atom. The molecule has 1 aliphatic rings. The lowest BCUT2D eigenvalue weighted by Crippen LogP contribution is -2.47. The number of amides is 1. The molecule has 1 amide bonds. The van der Waals surface area contributed by atoms with Gasteiger partial charge in [0.15, 0.2) is 0 Å². The minimum atomic E-state index is -0.915. The first kappa shape index (κ1) is 22.0. The number of hydrogen-bond donors (Lipinski definition) is 1. The number of aromatic amines is 1. The Morgan fingerprint density at radius 3 is 2.76 bits per heavy atom. The molecule has 10 nitrogen and oxygen atoms in total. The number of methoxy groups -OCH3 is 2. The first-order chi connectivity index (χ1) is 16.0. The number of aromatic nitrogens is 3. The largest absolute Gasteiger partial charge is 0.509 e. The molecule has 4 rings (SSSR count). The maximum atomic E-state index is 13.5. The zero-order valence-electron chi connectivity index (χ0n) is 18.7. The van der Waals surface area contributed by atoms with Crippen LogP contribution in [-0.2, 0) is 4.74 Å². The highest BCUT2D eigenvalue weighted by atomic mass is 16.5. The second-order valence-electron chi connectivity index (χ2n) is 7.18. The number of nitrogens with zero attached hydrogens (tertiary/aromatic N) is 4. The standard InChI is InChI=1S/C23H23N5O5/c1-5-33-23(30)27-14(2)25-22-26-18(11-15-7-6-10-24-13-15)21(29)28(22)20(27)17-12-16(31-3)8-9-19(17)32-4/h6-13,20H,5H2,1-4H3/p+1. The zero-order valence-corrected chi connectivity index (χ0v) is 18.7. The molecule has 33 heavy (non-hydrogen) atoms. The maximum absolute atomic E-state index is 13.5. The van der Waals surface area contributed by atoms with Gasteiger partial charge in [0.1, 0.15) is 16.8 Å². The summed E-state index contributed by atoms with van der Waals surface area (Å²) < 4.78 is 19.0. The highest BCUT2D eigenvalue weighted by Gasteiger charge is 2.40. The van der Waals surface area contributed by atoms with Crippen molar-refractivity contribution in [1.82, 2.24) is 14.5 Å². The van der Waals surface area contributed by atoms with E-state index >= 15 is 0 Å². The van der Waals surface area contributed by atoms with Gasteiger partial charge in [0.05, 0.1) is 26.4 Å². The van der Waals surface area contributed by atoms with E-state index in [0.29, 0.717) is 33.9 Å². The summed E-state index contributed by atoms with van der Waals surface area (Å²) in [5, 5.41) is 0.298. The summed E-state index contributed by atoms with van der Waals surface area (Å²) in [4.78, 5) is 38.1. The summed E-state index contributed by atoms with van der Waals surface area (Å²) in [7, 11) is 3.06. The van der Waals surface area contributed by atoms with Crippen molar-refractivity contribution >= 4 is 18.0 Å². The van der Waals surface area contributed by atoms with Crippen molar-refractivity contribution in [1.29, 1.82) is 0 Å². The van der Waals surface area contributed by atoms with E-state index in [1.807, 2.05) is 6.07 Å². The highest BCUT2D eigenvalue weighted by molar-refractivity contribution is 5.81. The normalized spacial score (nSPS) is 15.6. The molecule has 2 aromatic heterocycles. The summed E-state index contributed by atoms with van der Waals surface area (Å²) in [5.41, 5.74) is 1.21. The second-order valence-corrected chi connectivity index (χ2v) is 7.18. The summed E-state index contributed by atoms with van der Waals surface area (Å²) >= 11 is 0. The molecule has 0 radical (unpaired) electrons. The van der Waals surface area contributed by atoms with Gasteiger partial charge in [0.25, 0.3) is 5.56 Å². The number of rotatable bonds is 5. The molecule has 170 valence electrons. The maximum Gasteiger partial charge on any atom is 0.509 e. The molecule has 0 spiro atoms. The highest BCUT2D eigenvalue weighted by Crippen LogP contribution is 2.32. The average Bonchev–Trinajstić information content (AvgIpc) is 3.12. The second kappa shape index (κ2) is 9.11. The van der Waals surface area contributed by atoms with Crippen LogP contribution < -0.4 is 26.0 Å². The fourth-order valence-corrected chi connectivity index (χ4v) is 3.74. The predicted molar refractivity (Wildman–Crippen MR) is 119 cm³/mol. The predicted octanol–water partition coefficient (Wildman–Crippen LogP) is 1.18. The van der Waals surface area contributed by atoms with Gasteiger partial charge in [-0.25, -0.2) is 4.57 Å². The van der Waals surface area contributed by atoms with Crippen molar-refractivity contribution in [3.05, 3.63) is 75.2 Å². The number of imidazole rings is 1. The minimum absolute atomic E-state index is 0.166. The zero-order chi connectivity index (χ0) is 23.5. The van der Waals surface area contributed by atoms with Crippen molar-refractivity contribution in [3.63, 3.8) is 0 Å². The van der Waals surface area contributed by atoms with Crippen LogP contribution in [0.2, 0.25) is 0 Å². The van der Waals surface area contributed by atoms with E-state index in [0.717, 1.165) is 5.56 Å². The molecule has 0 aliphatic carbocycles. The molecule has 0 saturated heterocycles. The smallest absolute Gasteiger partial charge is 0.497 e. The van der Waals surface area contributed by atoms with E-state index in [1.165, 1.54) is 23.4 Å². The lowest BCUT2D eigenvalue weighted by Gasteiger charge is -2.22. The van der Waals surface area contributed by atoms with Crippen LogP contribution in [0.5, 0.6) is 11.5 Å². The quantitative estimate of drug-likeness (QED) is 0.585. The van der Waals surface area contributed by atoms with Crippen LogP contribution in [-0.4, -0.2) is 51.9 Å². The molecular formula is C23H24N5O5+. The molecule has 1 unspecified atom stereocenters. The molecule has 1 N–H and O–H groups in total. The third-order valence-corrected chi connectivity index (χ3v) is 5.20. The summed E-state index contributed by atoms with van der Waals surface area (Å²) in [5.74, 6) is 1.38. The van der Waals surface area contributed by atoms with Crippen LogP contribution in [0.1, 0.15) is 31.1 Å². The molecule has 10 heteroatoms. The number of fused-ring (bicyclic) bond motifs is 1. The van der Waals surface area contributed by atoms with Gasteiger partial charge in [-0.2, -0.15) is 4.79 Å². The van der Waals surface area contributed by atoms with E-state index in [2.05, 4.69) is 15.0 Å². The van der Waals surface area contributed by atoms with Crippen LogP contribution in [0.15, 0.2) is 52.5 Å². The molecule has 0 fully saturated rings. The first-order valence-electron chi connectivity index (χ1n) is 10.3. The van der Waals surface area contributed by atoms with Crippen LogP contribution in [0, 0.1) is 0 Å². The van der Waals surface area contributed by atoms with Gasteiger partial charge in [-0.15, -0.1) is 4.58 Å². The Hall–Kier alpha value is -4.21. The molecule has 0 saturated carbocycles. The third kappa shape index (κ3) is 4.02. The fraction of sp³-hybridized carbons (Fsp3) is 0.261. The molecular weight excluding hydrogens is 426 g/mol. The fourth-order valence-electron chi connectivity index (χ4n) is 3.74. The van der Waals surface area contributed by atoms with Crippen LogP contribution >= 0.6 is 0 Å². The van der Waals surface area contributed by atoms with Gasteiger partial charge >= 0.3 is 17.5 Å². The van der Waals surface area contributed by atoms with Crippen molar-refractivity contribution in [3.8, 4) is 11.5 Å². The summed E-state index contributed by atoms with van der Waals surface area (Å²) in [6.45, 7) is 3.56. The molecule has 1 aromatic carbocycles. The first-order valence-corrected chi connectivity index (χ1v) is 10.3. The molecule has 3 aromatic rings. The Morgan fingerprint density at radius 2 is 2.09 bits per heavy atom. The van der Waals surface area contributed by atoms with Gasteiger partial charge in [-0.3, -0.25) is 14.8 Å². The number of amidine groups is 1. The van der Waals surface area contributed by atoms with Crippen molar-refractivity contribution in [2.24, 2.45) is 4.99 Å². The summed E-state index contributed by atoms with van der Waals surface area (Å²) in [6.07, 6.45) is 3.43. The van der Waals surface area contributed by atoms with Crippen LogP contribution in [0.25, 0.3) is 6.08 Å². The number of nitrogens with one attached hydrogen (secondary N) is 1. The number of pyridine rings is 1. The molecule has 1 aliphatic heterocycles. The van der Waals surface area contributed by atoms with Crippen molar-refractivity contribution in [2.45, 2.75) is 20.0 Å². The van der Waals surface area contributed by atoms with E-state index in [1.54, 1.807) is 56.6 Å².